The highest BCUT2D eigenvalue weighted by Gasteiger charge is 2.27. The summed E-state index contributed by atoms with van der Waals surface area (Å²) >= 11 is 4.19. The molecular formula is C45H33ClO2P2. The number of halogens is 1. The Balaban J connectivity index is 0.000000932. The first-order chi connectivity index (χ1) is 24.6. The standard InChI is InChI=1S/C44H32P2.CHClO2/c1-5-19-35(20-6-1)45(36-21-7-2-8-22-36)41-31-29-33-17-13-15-27-39(33)43(41)44-40-28-16-14-18-34(40)30-32-42(44)46(37-23-9-3-10-24-37)38-25-11-4-12-26-38;2-1(3)4/h1-32H;(H,3,4). The Bertz CT molecular complexity index is 2120. The molecule has 0 aromatic heterocycles. The van der Waals surface area contributed by atoms with Gasteiger partial charge in [-0.15, -0.1) is 0 Å². The fraction of sp³-hybridized carbons (Fsp3) is 0. The van der Waals surface area contributed by atoms with E-state index in [0.29, 0.717) is 0 Å². The Morgan fingerprint density at radius 1 is 0.380 bits per heavy atom. The topological polar surface area (TPSA) is 37.3 Å². The summed E-state index contributed by atoms with van der Waals surface area (Å²) in [6.07, 6.45) is 0. The second-order valence-corrected chi connectivity index (χ2v) is 16.3. The molecule has 5 heteroatoms. The van der Waals surface area contributed by atoms with Gasteiger partial charge in [0.2, 0.25) is 0 Å². The molecular weight excluding hydrogens is 670 g/mol. The van der Waals surface area contributed by atoms with E-state index < -0.39 is 21.3 Å². The van der Waals surface area contributed by atoms with Crippen LogP contribution in [0.3, 0.4) is 0 Å². The molecule has 0 spiro atoms. The number of carbonyl (C=O) groups is 1. The van der Waals surface area contributed by atoms with Gasteiger partial charge in [-0.3, -0.25) is 0 Å². The molecule has 0 heterocycles. The second kappa shape index (κ2) is 15.6. The summed E-state index contributed by atoms with van der Waals surface area (Å²) in [7, 11) is -1.70. The Morgan fingerprint density at radius 3 is 0.940 bits per heavy atom. The maximum Gasteiger partial charge on any atom is 0.401 e. The van der Waals surface area contributed by atoms with Gasteiger partial charge >= 0.3 is 5.43 Å². The van der Waals surface area contributed by atoms with Gasteiger partial charge in [0, 0.05) is 11.6 Å². The highest BCUT2D eigenvalue weighted by molar-refractivity contribution is 7.80. The first-order valence-electron chi connectivity index (χ1n) is 16.3. The van der Waals surface area contributed by atoms with Crippen LogP contribution in [0.5, 0.6) is 0 Å². The predicted octanol–water partition coefficient (Wildman–Crippen LogP) is 10.1. The van der Waals surface area contributed by atoms with Gasteiger partial charge in [-0.2, -0.15) is 0 Å². The van der Waals surface area contributed by atoms with Gasteiger partial charge in [-0.25, -0.2) is 4.79 Å². The molecule has 0 atom stereocenters. The van der Waals surface area contributed by atoms with Gasteiger partial charge in [-0.05, 0) is 80.3 Å². The van der Waals surface area contributed by atoms with Crippen LogP contribution in [0.25, 0.3) is 32.7 Å². The minimum absolute atomic E-state index is 0.852. The van der Waals surface area contributed by atoms with E-state index in [1.807, 2.05) is 0 Å². The molecule has 8 aromatic rings. The van der Waals surface area contributed by atoms with Crippen LogP contribution in [0.15, 0.2) is 194 Å². The van der Waals surface area contributed by atoms with Gasteiger partial charge in [0.25, 0.3) is 0 Å². The molecule has 1 N–H and O–H groups in total. The fourth-order valence-electron chi connectivity index (χ4n) is 6.58. The lowest BCUT2D eigenvalue weighted by Crippen LogP contribution is -2.26. The SMILES string of the molecule is O=C(O)Cl.c1ccc(P(c2ccccc2)c2ccc3ccccc3c2-c2c(P(c3ccccc3)c3ccccc3)ccc3ccccc23)cc1. The molecule has 0 aliphatic rings. The molecule has 8 rings (SSSR count). The van der Waals surface area contributed by atoms with Gasteiger partial charge in [-0.1, -0.05) is 194 Å². The van der Waals surface area contributed by atoms with Crippen LogP contribution < -0.4 is 31.8 Å². The second-order valence-electron chi connectivity index (χ2n) is 11.6. The largest absolute Gasteiger partial charge is 0.469 e. The van der Waals surface area contributed by atoms with Gasteiger partial charge in [0.1, 0.15) is 0 Å². The minimum Gasteiger partial charge on any atom is -0.469 e. The van der Waals surface area contributed by atoms with E-state index >= 15 is 0 Å². The molecule has 0 saturated heterocycles. The lowest BCUT2D eigenvalue weighted by atomic mass is 9.93. The lowest BCUT2D eigenvalue weighted by molar-refractivity contribution is 0.220. The molecule has 242 valence electrons. The predicted molar refractivity (Wildman–Crippen MR) is 218 cm³/mol. The van der Waals surface area contributed by atoms with Crippen molar-refractivity contribution in [3.05, 3.63) is 194 Å². The van der Waals surface area contributed by atoms with Crippen LogP contribution in [0.1, 0.15) is 0 Å². The summed E-state index contributed by atoms with van der Waals surface area (Å²) in [5.74, 6) is 0. The van der Waals surface area contributed by atoms with Gasteiger partial charge < -0.3 is 5.11 Å². The number of rotatable bonds is 7. The zero-order chi connectivity index (χ0) is 34.3. The van der Waals surface area contributed by atoms with Gasteiger partial charge in [0.05, 0.1) is 0 Å². The monoisotopic (exact) mass is 702 g/mol. The number of fused-ring (bicyclic) bond motifs is 2. The first-order valence-corrected chi connectivity index (χ1v) is 19.4. The van der Waals surface area contributed by atoms with Crippen molar-refractivity contribution in [3.8, 4) is 11.1 Å². The summed E-state index contributed by atoms with van der Waals surface area (Å²) < 4.78 is 0. The molecule has 0 radical (unpaired) electrons. The number of hydrogen-bond acceptors (Lipinski definition) is 1. The Morgan fingerprint density at radius 2 is 0.640 bits per heavy atom. The average Bonchev–Trinajstić information content (AvgIpc) is 3.16. The first kappa shape index (κ1) is 33.4. The van der Waals surface area contributed by atoms with Crippen LogP contribution >= 0.6 is 27.4 Å². The summed E-state index contributed by atoms with van der Waals surface area (Å²) in [6, 6.07) is 71.8. The van der Waals surface area contributed by atoms with Crippen molar-refractivity contribution in [2.45, 2.75) is 0 Å². The number of hydrogen-bond donors (Lipinski definition) is 1. The third-order valence-electron chi connectivity index (χ3n) is 8.60. The molecule has 0 amide bonds. The van der Waals surface area contributed by atoms with Crippen molar-refractivity contribution >= 4 is 86.2 Å². The Kier molecular flexibility index (Phi) is 10.4. The van der Waals surface area contributed by atoms with Crippen LogP contribution in [-0.2, 0) is 0 Å². The normalized spacial score (nSPS) is 11.0. The zero-order valence-electron chi connectivity index (χ0n) is 27.1. The number of carboxylic acid groups (broad SMARTS) is 1. The van der Waals surface area contributed by atoms with E-state index in [0.717, 1.165) is 0 Å². The van der Waals surface area contributed by atoms with Crippen molar-refractivity contribution < 1.29 is 9.90 Å². The Labute approximate surface area is 300 Å². The summed E-state index contributed by atoms with van der Waals surface area (Å²) in [5.41, 5.74) is 1.34. The lowest BCUT2D eigenvalue weighted by Gasteiger charge is -2.28. The van der Waals surface area contributed by atoms with Crippen LogP contribution in [-0.4, -0.2) is 10.5 Å². The zero-order valence-corrected chi connectivity index (χ0v) is 29.6. The summed E-state index contributed by atoms with van der Waals surface area (Å²) in [5, 5.41) is 20.5. The van der Waals surface area contributed by atoms with Crippen LogP contribution in [0, 0.1) is 0 Å². The van der Waals surface area contributed by atoms with E-state index in [1.165, 1.54) is 64.5 Å². The molecule has 0 aliphatic heterocycles. The Hall–Kier alpha value is -5.10. The molecule has 0 saturated carbocycles. The van der Waals surface area contributed by atoms with E-state index in [1.54, 1.807) is 0 Å². The molecule has 0 unspecified atom stereocenters. The van der Waals surface area contributed by atoms with Crippen molar-refractivity contribution in [1.29, 1.82) is 0 Å². The molecule has 2 nitrogen and oxygen atoms in total. The smallest absolute Gasteiger partial charge is 0.401 e. The highest BCUT2D eigenvalue weighted by atomic mass is 35.5. The van der Waals surface area contributed by atoms with Crippen molar-refractivity contribution in [3.63, 3.8) is 0 Å². The quantitative estimate of drug-likeness (QED) is 0.133. The van der Waals surface area contributed by atoms with Crippen LogP contribution in [0.4, 0.5) is 4.79 Å². The molecule has 0 bridgehead atoms. The molecule has 0 aliphatic carbocycles. The maximum atomic E-state index is 8.77. The molecule has 0 fully saturated rings. The number of benzene rings is 8. The van der Waals surface area contributed by atoms with E-state index in [4.69, 9.17) is 9.90 Å². The maximum absolute atomic E-state index is 8.77. The third-order valence-corrected chi connectivity index (χ3v) is 13.6. The average molecular weight is 703 g/mol. The van der Waals surface area contributed by atoms with E-state index in [-0.39, 0.29) is 0 Å². The third kappa shape index (κ3) is 7.11. The van der Waals surface area contributed by atoms with Gasteiger partial charge in [0.15, 0.2) is 0 Å². The van der Waals surface area contributed by atoms with E-state index in [9.17, 15) is 0 Å². The van der Waals surface area contributed by atoms with Crippen molar-refractivity contribution in [2.75, 3.05) is 0 Å². The molecule has 8 aromatic carbocycles. The highest BCUT2D eigenvalue weighted by Crippen LogP contribution is 2.45. The van der Waals surface area contributed by atoms with E-state index in [2.05, 4.69) is 206 Å². The summed E-state index contributed by atoms with van der Waals surface area (Å²) in [4.78, 5) is 8.77. The minimum atomic E-state index is -1.36. The fourth-order valence-corrected chi connectivity index (χ4v) is 11.5. The van der Waals surface area contributed by atoms with Crippen molar-refractivity contribution in [2.24, 2.45) is 0 Å². The summed E-state index contributed by atoms with van der Waals surface area (Å²) in [6.45, 7) is 0. The van der Waals surface area contributed by atoms with Crippen molar-refractivity contribution in [1.82, 2.24) is 0 Å². The molecule has 50 heavy (non-hydrogen) atoms. The van der Waals surface area contributed by atoms with Crippen LogP contribution in [0.2, 0.25) is 0 Å².